The minimum absolute atomic E-state index is 0.0407. The van der Waals surface area contributed by atoms with Crippen LogP contribution < -0.4 is 26.2 Å². The molecule has 0 aliphatic carbocycles. The van der Waals surface area contributed by atoms with Crippen molar-refractivity contribution in [3.8, 4) is 5.75 Å². The molecule has 0 atom stereocenters. The average molecular weight is 358 g/mol. The fourth-order valence-corrected chi connectivity index (χ4v) is 2.01. The summed E-state index contributed by atoms with van der Waals surface area (Å²) in [5.41, 5.74) is 6.40. The van der Waals surface area contributed by atoms with E-state index in [0.29, 0.717) is 11.4 Å². The van der Waals surface area contributed by atoms with Crippen LogP contribution in [-0.2, 0) is 4.79 Å². The quantitative estimate of drug-likeness (QED) is 0.496. The van der Waals surface area contributed by atoms with Crippen molar-refractivity contribution in [1.29, 1.82) is 0 Å². The molecule has 25 heavy (non-hydrogen) atoms. The fraction of sp³-hybridized carbons (Fsp3) is 0.118. The van der Waals surface area contributed by atoms with Gasteiger partial charge < -0.3 is 10.1 Å². The van der Waals surface area contributed by atoms with Crippen molar-refractivity contribution in [2.75, 3.05) is 11.9 Å². The van der Waals surface area contributed by atoms with Crippen molar-refractivity contribution >= 4 is 35.0 Å². The van der Waals surface area contributed by atoms with Gasteiger partial charge in [0, 0.05) is 5.69 Å². The van der Waals surface area contributed by atoms with Crippen LogP contribution in [0.3, 0.4) is 0 Å². The van der Waals surface area contributed by atoms with E-state index in [4.69, 9.17) is 17.0 Å². The van der Waals surface area contributed by atoms with Gasteiger partial charge in [0.1, 0.15) is 5.75 Å². The number of aryl methyl sites for hydroxylation is 1. The summed E-state index contributed by atoms with van der Waals surface area (Å²) in [4.78, 5) is 23.4. The number of para-hydroxylation sites is 1. The van der Waals surface area contributed by atoms with Gasteiger partial charge in [-0.3, -0.25) is 15.5 Å². The molecule has 0 aliphatic rings. The number of urea groups is 1. The molecule has 2 aromatic rings. The molecule has 0 saturated carbocycles. The van der Waals surface area contributed by atoms with Crippen LogP contribution in [0, 0.1) is 6.92 Å². The lowest BCUT2D eigenvalue weighted by molar-refractivity contribution is -0.121. The van der Waals surface area contributed by atoms with Crippen LogP contribution in [0.25, 0.3) is 0 Å². The highest BCUT2D eigenvalue weighted by atomic mass is 32.1. The Bertz CT molecular complexity index is 753. The second-order valence-electron chi connectivity index (χ2n) is 5.05. The molecule has 0 saturated heterocycles. The van der Waals surface area contributed by atoms with Crippen molar-refractivity contribution < 1.29 is 14.3 Å². The van der Waals surface area contributed by atoms with Gasteiger partial charge in [0.05, 0.1) is 0 Å². The van der Waals surface area contributed by atoms with Crippen LogP contribution in [0.4, 0.5) is 10.5 Å². The Hall–Kier alpha value is -3.13. The SMILES string of the molecule is Cc1cccc(OCC(=O)NC(=S)NNC(=O)Nc2ccccc2)c1. The van der Waals surface area contributed by atoms with Crippen molar-refractivity contribution in [3.63, 3.8) is 0 Å². The van der Waals surface area contributed by atoms with Crippen LogP contribution >= 0.6 is 12.2 Å². The third-order valence-corrected chi connectivity index (χ3v) is 3.14. The summed E-state index contributed by atoms with van der Waals surface area (Å²) >= 11 is 4.92. The van der Waals surface area contributed by atoms with E-state index in [9.17, 15) is 9.59 Å². The number of carbonyl (C=O) groups is 2. The van der Waals surface area contributed by atoms with Crippen LogP contribution in [-0.4, -0.2) is 23.7 Å². The molecule has 130 valence electrons. The molecular formula is C17H18N4O3S. The zero-order chi connectivity index (χ0) is 18.1. The first kappa shape index (κ1) is 18.2. The first-order valence-electron chi connectivity index (χ1n) is 7.44. The van der Waals surface area contributed by atoms with E-state index in [0.717, 1.165) is 5.56 Å². The molecule has 0 radical (unpaired) electrons. The first-order chi connectivity index (χ1) is 12.0. The van der Waals surface area contributed by atoms with E-state index in [2.05, 4.69) is 21.5 Å². The largest absolute Gasteiger partial charge is 0.484 e. The van der Waals surface area contributed by atoms with Gasteiger partial charge in [0.15, 0.2) is 11.7 Å². The molecule has 4 N–H and O–H groups in total. The predicted octanol–water partition coefficient (Wildman–Crippen LogP) is 2.10. The summed E-state index contributed by atoms with van der Waals surface area (Å²) in [6.07, 6.45) is 0. The molecule has 0 unspecified atom stereocenters. The lowest BCUT2D eigenvalue weighted by atomic mass is 10.2. The Morgan fingerprint density at radius 3 is 2.52 bits per heavy atom. The second-order valence-corrected chi connectivity index (χ2v) is 5.46. The van der Waals surface area contributed by atoms with E-state index < -0.39 is 11.9 Å². The second kappa shape index (κ2) is 9.24. The number of thiocarbonyl (C=S) groups is 1. The molecule has 0 bridgehead atoms. The molecule has 3 amide bonds. The first-order valence-corrected chi connectivity index (χ1v) is 7.85. The molecule has 0 aliphatic heterocycles. The molecule has 7 nitrogen and oxygen atoms in total. The van der Waals surface area contributed by atoms with Gasteiger partial charge in [-0.15, -0.1) is 0 Å². The maximum Gasteiger partial charge on any atom is 0.337 e. The number of benzene rings is 2. The maximum atomic E-state index is 11.8. The molecule has 8 heteroatoms. The van der Waals surface area contributed by atoms with Gasteiger partial charge in [-0.05, 0) is 49.0 Å². The lowest BCUT2D eigenvalue weighted by Gasteiger charge is -2.12. The number of hydrogen-bond donors (Lipinski definition) is 4. The summed E-state index contributed by atoms with van der Waals surface area (Å²) in [6, 6.07) is 15.7. The van der Waals surface area contributed by atoms with E-state index in [1.165, 1.54) is 0 Å². The van der Waals surface area contributed by atoms with Gasteiger partial charge in [-0.1, -0.05) is 30.3 Å². The predicted molar refractivity (Wildman–Crippen MR) is 99.1 cm³/mol. The van der Waals surface area contributed by atoms with Gasteiger partial charge in [-0.25, -0.2) is 10.2 Å². The minimum atomic E-state index is -0.515. The van der Waals surface area contributed by atoms with Crippen LogP contribution in [0.1, 0.15) is 5.56 Å². The summed E-state index contributed by atoms with van der Waals surface area (Å²) < 4.78 is 5.35. The number of rotatable bonds is 4. The van der Waals surface area contributed by atoms with Crippen LogP contribution in [0.5, 0.6) is 5.75 Å². The standard InChI is InChI=1S/C17H18N4O3S/c1-12-6-5-9-14(10-12)24-11-15(22)19-17(25)21-20-16(23)18-13-7-3-2-4-8-13/h2-10H,11H2,1H3,(H2,18,20,23)(H2,19,21,22,25). The zero-order valence-electron chi connectivity index (χ0n) is 13.5. The van der Waals surface area contributed by atoms with E-state index in [1.807, 2.05) is 31.2 Å². The minimum Gasteiger partial charge on any atom is -0.484 e. The molecule has 0 heterocycles. The molecule has 0 aromatic heterocycles. The Balaban J connectivity index is 1.67. The molecule has 2 aromatic carbocycles. The topological polar surface area (TPSA) is 91.5 Å². The molecule has 0 fully saturated rings. The van der Waals surface area contributed by atoms with Crippen molar-refractivity contribution in [2.24, 2.45) is 0 Å². The highest BCUT2D eigenvalue weighted by Gasteiger charge is 2.07. The average Bonchev–Trinajstić information content (AvgIpc) is 2.59. The normalized spacial score (nSPS) is 9.64. The van der Waals surface area contributed by atoms with Crippen molar-refractivity contribution in [3.05, 3.63) is 60.2 Å². The number of hydrazine groups is 1. The fourth-order valence-electron chi connectivity index (χ4n) is 1.85. The van der Waals surface area contributed by atoms with E-state index >= 15 is 0 Å². The Morgan fingerprint density at radius 1 is 1.04 bits per heavy atom. The zero-order valence-corrected chi connectivity index (χ0v) is 14.4. The van der Waals surface area contributed by atoms with Gasteiger partial charge in [-0.2, -0.15) is 0 Å². The molecular weight excluding hydrogens is 340 g/mol. The summed E-state index contributed by atoms with van der Waals surface area (Å²) in [5.74, 6) is 0.152. The summed E-state index contributed by atoms with van der Waals surface area (Å²) in [5, 5.41) is 4.95. The highest BCUT2D eigenvalue weighted by molar-refractivity contribution is 7.80. The van der Waals surface area contributed by atoms with Crippen LogP contribution in [0.2, 0.25) is 0 Å². The molecule has 0 spiro atoms. The third kappa shape index (κ3) is 6.88. The Labute approximate surface area is 150 Å². The summed E-state index contributed by atoms with van der Waals surface area (Å²) in [7, 11) is 0. The number of anilines is 1. The number of carbonyl (C=O) groups excluding carboxylic acids is 2. The smallest absolute Gasteiger partial charge is 0.337 e. The van der Waals surface area contributed by atoms with Crippen molar-refractivity contribution in [2.45, 2.75) is 6.92 Å². The van der Waals surface area contributed by atoms with Crippen molar-refractivity contribution in [1.82, 2.24) is 16.2 Å². The number of nitrogens with one attached hydrogen (secondary N) is 4. The van der Waals surface area contributed by atoms with Crippen LogP contribution in [0.15, 0.2) is 54.6 Å². The number of hydrogen-bond acceptors (Lipinski definition) is 4. The van der Waals surface area contributed by atoms with E-state index in [1.54, 1.807) is 30.3 Å². The Morgan fingerprint density at radius 2 is 1.80 bits per heavy atom. The maximum absolute atomic E-state index is 11.8. The third-order valence-electron chi connectivity index (χ3n) is 2.93. The monoisotopic (exact) mass is 358 g/mol. The Kier molecular flexibility index (Phi) is 6.73. The van der Waals surface area contributed by atoms with Gasteiger partial charge in [0.25, 0.3) is 5.91 Å². The van der Waals surface area contributed by atoms with Gasteiger partial charge >= 0.3 is 6.03 Å². The lowest BCUT2D eigenvalue weighted by Crippen LogP contribution is -2.50. The highest BCUT2D eigenvalue weighted by Crippen LogP contribution is 2.11. The van der Waals surface area contributed by atoms with Gasteiger partial charge in [0.2, 0.25) is 0 Å². The van der Waals surface area contributed by atoms with E-state index in [-0.39, 0.29) is 11.7 Å². The molecule has 2 rings (SSSR count). The number of ether oxygens (including phenoxy) is 1. The summed E-state index contributed by atoms with van der Waals surface area (Å²) in [6.45, 7) is 1.74. The number of amides is 3.